The van der Waals surface area contributed by atoms with Gasteiger partial charge in [-0.1, -0.05) is 301 Å². The number of unbranched alkanes of at least 4 members (excludes halogenated alkanes) is 20. The van der Waals surface area contributed by atoms with Gasteiger partial charge in [0.2, 0.25) is 0 Å². The molecule has 3 N–H and O–H groups in total. The predicted octanol–water partition coefficient (Wildman–Crippen LogP) is 23.8. The molecule has 0 radical (unpaired) electrons. The van der Waals surface area contributed by atoms with Gasteiger partial charge in [0.25, 0.3) is 0 Å². The van der Waals surface area contributed by atoms with Gasteiger partial charge in [0.1, 0.15) is 19.3 Å². The van der Waals surface area contributed by atoms with Crippen LogP contribution >= 0.6 is 15.6 Å². The van der Waals surface area contributed by atoms with Crippen LogP contribution in [0.25, 0.3) is 0 Å². The highest BCUT2D eigenvalue weighted by Crippen LogP contribution is 2.45. The first kappa shape index (κ1) is 100. The van der Waals surface area contributed by atoms with Crippen molar-refractivity contribution < 1.29 is 80.2 Å². The fourth-order valence-electron chi connectivity index (χ4n) is 10.2. The van der Waals surface area contributed by atoms with Crippen molar-refractivity contribution in [3.05, 3.63) is 170 Å². The quantitative estimate of drug-likeness (QED) is 0.0169. The molecule has 0 aromatic rings. The van der Waals surface area contributed by atoms with Gasteiger partial charge in [0.15, 0.2) is 12.2 Å². The maximum Gasteiger partial charge on any atom is 0.472 e. The number of carbonyl (C=O) groups is 4. The van der Waals surface area contributed by atoms with Crippen LogP contribution in [-0.4, -0.2) is 96.7 Å². The first-order valence-corrected chi connectivity index (χ1v) is 43.4. The van der Waals surface area contributed by atoms with Crippen LogP contribution in [0.5, 0.6) is 0 Å². The van der Waals surface area contributed by atoms with E-state index in [9.17, 15) is 43.2 Å². The lowest BCUT2D eigenvalue weighted by atomic mass is 10.0. The van der Waals surface area contributed by atoms with Crippen LogP contribution in [0.2, 0.25) is 0 Å². The van der Waals surface area contributed by atoms with E-state index in [0.29, 0.717) is 38.5 Å². The van der Waals surface area contributed by atoms with Crippen LogP contribution < -0.4 is 0 Å². The molecule has 106 heavy (non-hydrogen) atoms. The van der Waals surface area contributed by atoms with E-state index in [1.54, 1.807) is 0 Å². The summed E-state index contributed by atoms with van der Waals surface area (Å²) in [6.45, 7) is 4.39. The molecule has 17 nitrogen and oxygen atoms in total. The largest absolute Gasteiger partial charge is 0.472 e. The third-order valence-corrected chi connectivity index (χ3v) is 18.1. The normalized spacial score (nSPS) is 14.7. The standard InChI is InChI=1S/C87H142O17P2/c1-5-9-13-17-21-25-29-33-36-39-40-43-45-49-52-56-60-64-68-72-85(90)98-78-83(104-87(92)74-70-66-62-58-54-50-46-42-38-35-31-27-23-19-15-11-7-3)80-102-106(95,96)100-76-81(88)75-99-105(93,94)101-79-82(103-86(91)73-69-65-61-57-53-47-32-28-24-20-16-12-8-4)77-97-84(89)71-67-63-59-55-51-48-44-41-37-34-30-26-22-18-14-10-6-2/h9-11,13-15,21-23,25-27,33-38,40,43-44,46,48,50,55,58-59,62,81-83,88H,5-8,12,16-20,24,28-32,39,41-42,45,47,49,51-54,56-57,60-61,63-80H2,1-4H3,(H,93,94)(H,95,96)/b13-9-,14-10-,15-11-,25-21-,26-22-,27-23-,36-33-,37-34-,38-35-,43-40-,48-44-,50-46-,59-55-,62-58-. The Labute approximate surface area is 642 Å². The summed E-state index contributed by atoms with van der Waals surface area (Å²) in [5.74, 6) is -2.33. The monoisotopic (exact) mass is 1520 g/mol. The molecular weight excluding hydrogens is 1380 g/mol. The SMILES string of the molecule is CC/C=C\C/C=C\C/C=C\C/C=C\C/C=C\CCCC(=O)OCC(COP(=O)(O)OCC(O)COP(=O)(O)OCC(COC(=O)CCCCCCCC/C=C\C/C=C\C/C=C\C/C=C\CC)OC(=O)CCC/C=C\C/C=C\C/C=C\C/C=C\C/C=C\CC)OC(=O)CCCCCCCCCCCCCCC. The van der Waals surface area contributed by atoms with Gasteiger partial charge in [-0.2, -0.15) is 0 Å². The van der Waals surface area contributed by atoms with E-state index in [2.05, 4.69) is 174 Å². The van der Waals surface area contributed by atoms with Crippen molar-refractivity contribution in [2.75, 3.05) is 39.6 Å². The molecule has 0 aromatic heterocycles. The van der Waals surface area contributed by atoms with Crippen molar-refractivity contribution in [2.24, 2.45) is 0 Å². The summed E-state index contributed by atoms with van der Waals surface area (Å²) >= 11 is 0. The first-order chi connectivity index (χ1) is 51.7. The Morgan fingerprint density at radius 3 is 0.802 bits per heavy atom. The van der Waals surface area contributed by atoms with Gasteiger partial charge in [0, 0.05) is 25.7 Å². The second kappa shape index (κ2) is 77.6. The number of aliphatic hydroxyl groups is 1. The third kappa shape index (κ3) is 76.6. The third-order valence-electron chi connectivity index (χ3n) is 16.2. The maximum atomic E-state index is 13.1. The van der Waals surface area contributed by atoms with Crippen molar-refractivity contribution in [1.82, 2.24) is 0 Å². The molecule has 19 heteroatoms. The lowest BCUT2D eigenvalue weighted by Crippen LogP contribution is -2.30. The topological polar surface area (TPSA) is 237 Å². The summed E-state index contributed by atoms with van der Waals surface area (Å²) in [6, 6.07) is 0. The van der Waals surface area contributed by atoms with Crippen LogP contribution in [-0.2, 0) is 65.4 Å². The lowest BCUT2D eigenvalue weighted by molar-refractivity contribution is -0.161. The van der Waals surface area contributed by atoms with E-state index in [0.717, 1.165) is 154 Å². The number of aliphatic hydroxyl groups excluding tert-OH is 1. The molecular formula is C87H142O17P2. The average molecular weight is 1520 g/mol. The molecule has 0 rings (SSSR count). The Kier molecular flexibility index (Phi) is 73.5. The molecule has 0 bridgehead atoms. The molecule has 0 saturated carbocycles. The van der Waals surface area contributed by atoms with Crippen molar-refractivity contribution in [3.8, 4) is 0 Å². The number of hydrogen-bond donors (Lipinski definition) is 3. The predicted molar refractivity (Wildman–Crippen MR) is 436 cm³/mol. The molecule has 602 valence electrons. The smallest absolute Gasteiger partial charge is 0.462 e. The van der Waals surface area contributed by atoms with Crippen LogP contribution in [0, 0.1) is 0 Å². The number of phosphoric ester groups is 2. The summed E-state index contributed by atoms with van der Waals surface area (Å²) < 4.78 is 68.5. The number of esters is 4. The molecule has 0 spiro atoms. The highest BCUT2D eigenvalue weighted by Gasteiger charge is 2.30. The highest BCUT2D eigenvalue weighted by molar-refractivity contribution is 7.47. The summed E-state index contributed by atoms with van der Waals surface area (Å²) in [4.78, 5) is 73.0. The zero-order valence-electron chi connectivity index (χ0n) is 65.8. The van der Waals surface area contributed by atoms with Crippen molar-refractivity contribution in [2.45, 2.75) is 316 Å². The second-order valence-electron chi connectivity index (χ2n) is 26.2. The zero-order chi connectivity index (χ0) is 77.4. The average Bonchev–Trinajstić information content (AvgIpc) is 0.937. The van der Waals surface area contributed by atoms with Gasteiger partial charge >= 0.3 is 39.5 Å². The van der Waals surface area contributed by atoms with Gasteiger partial charge in [-0.15, -0.1) is 0 Å². The number of rotatable bonds is 74. The summed E-state index contributed by atoms with van der Waals surface area (Å²) in [5, 5.41) is 10.6. The van der Waals surface area contributed by atoms with E-state index in [1.807, 2.05) is 24.3 Å². The number of phosphoric acid groups is 2. The molecule has 0 fully saturated rings. The molecule has 0 aliphatic carbocycles. The molecule has 0 aromatic carbocycles. The number of hydrogen-bond acceptors (Lipinski definition) is 15. The molecule has 5 atom stereocenters. The molecule has 0 aliphatic heterocycles. The van der Waals surface area contributed by atoms with E-state index in [-0.39, 0.29) is 25.7 Å². The van der Waals surface area contributed by atoms with Crippen LogP contribution in [0.1, 0.15) is 297 Å². The van der Waals surface area contributed by atoms with Crippen molar-refractivity contribution in [1.29, 1.82) is 0 Å². The second-order valence-corrected chi connectivity index (χ2v) is 29.1. The van der Waals surface area contributed by atoms with Gasteiger partial charge in [-0.05, 0) is 141 Å². The van der Waals surface area contributed by atoms with Crippen LogP contribution in [0.4, 0.5) is 0 Å². The zero-order valence-corrected chi connectivity index (χ0v) is 67.6. The molecule has 0 heterocycles. The summed E-state index contributed by atoms with van der Waals surface area (Å²) in [7, 11) is -10.0. The van der Waals surface area contributed by atoms with E-state index >= 15 is 0 Å². The minimum Gasteiger partial charge on any atom is -0.462 e. The Hall–Kier alpha value is -5.58. The lowest BCUT2D eigenvalue weighted by Gasteiger charge is -2.21. The number of carbonyl (C=O) groups excluding carboxylic acids is 4. The van der Waals surface area contributed by atoms with E-state index in [4.69, 9.17) is 37.0 Å². The summed E-state index contributed by atoms with van der Waals surface area (Å²) in [5.41, 5.74) is 0. The van der Waals surface area contributed by atoms with Crippen molar-refractivity contribution >= 4 is 39.5 Å². The highest BCUT2D eigenvalue weighted by atomic mass is 31.2. The molecule has 0 aliphatic rings. The van der Waals surface area contributed by atoms with Gasteiger partial charge in [-0.3, -0.25) is 37.3 Å². The fourth-order valence-corrected chi connectivity index (χ4v) is 11.7. The number of ether oxygens (including phenoxy) is 4. The van der Waals surface area contributed by atoms with Gasteiger partial charge in [0.05, 0.1) is 26.4 Å². The maximum absolute atomic E-state index is 13.1. The first-order valence-electron chi connectivity index (χ1n) is 40.4. The Bertz CT molecular complexity index is 2680. The Morgan fingerprint density at radius 1 is 0.274 bits per heavy atom. The number of allylic oxidation sites excluding steroid dienone is 28. The minimum atomic E-state index is -5.01. The van der Waals surface area contributed by atoms with Crippen LogP contribution in [0.15, 0.2) is 170 Å². The van der Waals surface area contributed by atoms with E-state index < -0.39 is 97.5 Å². The van der Waals surface area contributed by atoms with Crippen molar-refractivity contribution in [3.63, 3.8) is 0 Å². The van der Waals surface area contributed by atoms with Gasteiger partial charge in [-0.25, -0.2) is 9.13 Å². The molecule has 0 amide bonds. The Morgan fingerprint density at radius 2 is 0.500 bits per heavy atom. The molecule has 0 saturated heterocycles. The Balaban J connectivity index is 5.48. The van der Waals surface area contributed by atoms with E-state index in [1.165, 1.54) is 51.4 Å². The minimum absolute atomic E-state index is 0.00632. The summed E-state index contributed by atoms with van der Waals surface area (Å²) in [6.07, 6.45) is 92.0. The molecule has 5 unspecified atom stereocenters. The van der Waals surface area contributed by atoms with Crippen LogP contribution in [0.3, 0.4) is 0 Å². The fraction of sp³-hybridized carbons (Fsp3) is 0.632. The van der Waals surface area contributed by atoms with Gasteiger partial charge < -0.3 is 33.8 Å².